The number of amides is 1. The number of carbonyl (C=O) groups is 1. The zero-order valence-electron chi connectivity index (χ0n) is 23.1. The second-order valence-electron chi connectivity index (χ2n) is 10.2. The SMILES string of the molecule is C=CC(=O)Nc1cc(Nc2ncc(C#N)c(-c3cn4c5c(cccc35)OCC4)n2)c(OC)cc1N1CC(N(C)C)C1. The molecule has 2 aliphatic heterocycles. The molecule has 1 amide bonds. The van der Waals surface area contributed by atoms with Crippen LogP contribution in [0.1, 0.15) is 5.56 Å². The summed E-state index contributed by atoms with van der Waals surface area (Å²) in [4.78, 5) is 25.9. The number of para-hydroxylation sites is 1. The number of aromatic nitrogens is 3. The maximum atomic E-state index is 12.3. The predicted octanol–water partition coefficient (Wildman–Crippen LogP) is 3.99. The summed E-state index contributed by atoms with van der Waals surface area (Å²) in [6.07, 6.45) is 4.76. The molecule has 0 saturated carbocycles. The summed E-state index contributed by atoms with van der Waals surface area (Å²) in [5.74, 6) is 1.33. The van der Waals surface area contributed by atoms with E-state index in [-0.39, 0.29) is 11.9 Å². The average Bonchev–Trinajstić information content (AvgIpc) is 3.33. The molecular formula is C30H30N8O3. The van der Waals surface area contributed by atoms with Crippen LogP contribution in [0.15, 0.2) is 55.4 Å². The van der Waals surface area contributed by atoms with Gasteiger partial charge in [0.2, 0.25) is 11.9 Å². The van der Waals surface area contributed by atoms with Gasteiger partial charge in [0, 0.05) is 42.3 Å². The highest BCUT2D eigenvalue weighted by Gasteiger charge is 2.31. The standard InChI is InChI=1S/C30H30N8O3/c1-5-27(39)33-22-11-23(26(40-4)12-24(22)38-15-19(16-38)36(2)3)34-30-32-14-18(13-31)28(35-30)21-17-37-9-10-41-25-8-6-7-20(21)29(25)37/h5-8,11-12,14,17,19H,1,9-10,15-16H2,2-4H3,(H,33,39)(H,32,34,35). The predicted molar refractivity (Wildman–Crippen MR) is 158 cm³/mol. The van der Waals surface area contributed by atoms with Crippen LogP contribution in [-0.4, -0.2) is 72.3 Å². The number of hydrogen-bond donors (Lipinski definition) is 2. The number of benzene rings is 2. The molecule has 2 aromatic carbocycles. The number of nitrogens with zero attached hydrogens (tertiary/aromatic N) is 6. The summed E-state index contributed by atoms with van der Waals surface area (Å²) in [7, 11) is 5.70. The van der Waals surface area contributed by atoms with Gasteiger partial charge in [0.1, 0.15) is 24.2 Å². The molecule has 208 valence electrons. The summed E-state index contributed by atoms with van der Waals surface area (Å²) in [5.41, 5.74) is 4.69. The third kappa shape index (κ3) is 4.68. The highest BCUT2D eigenvalue weighted by atomic mass is 16.5. The zero-order valence-corrected chi connectivity index (χ0v) is 23.1. The number of nitrogens with one attached hydrogen (secondary N) is 2. The van der Waals surface area contributed by atoms with Gasteiger partial charge in [0.05, 0.1) is 53.7 Å². The number of anilines is 4. The number of rotatable bonds is 8. The molecule has 0 aliphatic carbocycles. The lowest BCUT2D eigenvalue weighted by molar-refractivity contribution is -0.111. The van der Waals surface area contributed by atoms with Crippen LogP contribution in [0.5, 0.6) is 11.5 Å². The third-order valence-electron chi connectivity index (χ3n) is 7.56. The van der Waals surface area contributed by atoms with E-state index in [4.69, 9.17) is 14.5 Å². The number of ether oxygens (including phenoxy) is 2. The first kappa shape index (κ1) is 26.2. The van der Waals surface area contributed by atoms with Gasteiger partial charge in [-0.2, -0.15) is 5.26 Å². The van der Waals surface area contributed by atoms with E-state index in [0.29, 0.717) is 47.6 Å². The Morgan fingerprint density at radius 1 is 1.29 bits per heavy atom. The van der Waals surface area contributed by atoms with E-state index in [9.17, 15) is 10.1 Å². The van der Waals surface area contributed by atoms with Crippen LogP contribution in [-0.2, 0) is 11.3 Å². The molecular weight excluding hydrogens is 520 g/mol. The molecule has 1 fully saturated rings. The van der Waals surface area contributed by atoms with Crippen molar-refractivity contribution < 1.29 is 14.3 Å². The minimum absolute atomic E-state index is 0.283. The van der Waals surface area contributed by atoms with Gasteiger partial charge in [-0.25, -0.2) is 9.97 Å². The average molecular weight is 551 g/mol. The first-order valence-corrected chi connectivity index (χ1v) is 13.3. The van der Waals surface area contributed by atoms with E-state index < -0.39 is 0 Å². The van der Waals surface area contributed by atoms with E-state index in [1.807, 2.05) is 30.5 Å². The molecule has 6 rings (SSSR count). The molecule has 11 heteroatoms. The first-order valence-electron chi connectivity index (χ1n) is 13.3. The van der Waals surface area contributed by atoms with E-state index in [2.05, 4.69) is 56.7 Å². The number of carbonyl (C=O) groups excluding carboxylic acids is 1. The zero-order chi connectivity index (χ0) is 28.7. The van der Waals surface area contributed by atoms with Crippen molar-refractivity contribution in [3.8, 4) is 28.8 Å². The quantitative estimate of drug-likeness (QED) is 0.314. The minimum atomic E-state index is -0.318. The normalized spacial score (nSPS) is 14.3. The molecule has 0 radical (unpaired) electrons. The van der Waals surface area contributed by atoms with Crippen molar-refractivity contribution in [1.82, 2.24) is 19.4 Å². The molecule has 2 aromatic heterocycles. The van der Waals surface area contributed by atoms with Crippen LogP contribution >= 0.6 is 0 Å². The van der Waals surface area contributed by atoms with Crippen LogP contribution in [0.4, 0.5) is 23.0 Å². The first-order chi connectivity index (χ1) is 19.9. The van der Waals surface area contributed by atoms with E-state index in [0.717, 1.165) is 41.0 Å². The van der Waals surface area contributed by atoms with Crippen molar-refractivity contribution in [3.05, 3.63) is 60.9 Å². The maximum Gasteiger partial charge on any atom is 0.247 e. The Morgan fingerprint density at radius 2 is 2.12 bits per heavy atom. The van der Waals surface area contributed by atoms with Gasteiger partial charge in [0.15, 0.2) is 0 Å². The van der Waals surface area contributed by atoms with Gasteiger partial charge in [0.25, 0.3) is 0 Å². The topological polar surface area (TPSA) is 121 Å². The van der Waals surface area contributed by atoms with Crippen LogP contribution < -0.4 is 25.0 Å². The molecule has 1 saturated heterocycles. The summed E-state index contributed by atoms with van der Waals surface area (Å²) in [6.45, 7) is 6.52. The molecule has 4 heterocycles. The Hall–Kier alpha value is -5.08. The van der Waals surface area contributed by atoms with Gasteiger partial charge in [-0.3, -0.25) is 4.79 Å². The van der Waals surface area contributed by atoms with Crippen molar-refractivity contribution in [2.75, 3.05) is 56.4 Å². The summed E-state index contributed by atoms with van der Waals surface area (Å²) >= 11 is 0. The second-order valence-corrected chi connectivity index (χ2v) is 10.2. The van der Waals surface area contributed by atoms with Gasteiger partial charge < -0.3 is 34.5 Å². The molecule has 0 unspecified atom stereocenters. The number of methoxy groups -OCH3 is 1. The van der Waals surface area contributed by atoms with Crippen molar-refractivity contribution in [2.24, 2.45) is 0 Å². The van der Waals surface area contributed by atoms with E-state index >= 15 is 0 Å². The van der Waals surface area contributed by atoms with Crippen molar-refractivity contribution >= 4 is 39.8 Å². The van der Waals surface area contributed by atoms with Crippen LogP contribution in [0.3, 0.4) is 0 Å². The fourth-order valence-electron chi connectivity index (χ4n) is 5.27. The summed E-state index contributed by atoms with van der Waals surface area (Å²) in [6, 6.07) is 12.2. The van der Waals surface area contributed by atoms with Gasteiger partial charge >= 0.3 is 0 Å². The summed E-state index contributed by atoms with van der Waals surface area (Å²) < 4.78 is 13.7. The van der Waals surface area contributed by atoms with Crippen LogP contribution in [0.2, 0.25) is 0 Å². The van der Waals surface area contributed by atoms with Crippen LogP contribution in [0.25, 0.3) is 22.2 Å². The molecule has 0 atom stereocenters. The molecule has 41 heavy (non-hydrogen) atoms. The molecule has 11 nitrogen and oxygen atoms in total. The highest BCUT2D eigenvalue weighted by Crippen LogP contribution is 2.41. The lowest BCUT2D eigenvalue weighted by atomic mass is 10.0. The highest BCUT2D eigenvalue weighted by molar-refractivity contribution is 6.02. The molecule has 2 N–H and O–H groups in total. The molecule has 0 spiro atoms. The Bertz CT molecular complexity index is 1720. The largest absolute Gasteiger partial charge is 0.494 e. The Kier molecular flexibility index (Phi) is 6.69. The van der Waals surface area contributed by atoms with Gasteiger partial charge in [-0.1, -0.05) is 18.7 Å². The third-order valence-corrected chi connectivity index (χ3v) is 7.56. The Balaban J connectivity index is 1.39. The molecule has 4 aromatic rings. The smallest absolute Gasteiger partial charge is 0.247 e. The van der Waals surface area contributed by atoms with Crippen molar-refractivity contribution in [1.29, 1.82) is 5.26 Å². The van der Waals surface area contributed by atoms with Crippen molar-refractivity contribution in [3.63, 3.8) is 0 Å². The van der Waals surface area contributed by atoms with E-state index in [1.54, 1.807) is 13.2 Å². The molecule has 0 bridgehead atoms. The van der Waals surface area contributed by atoms with Crippen molar-refractivity contribution in [2.45, 2.75) is 12.6 Å². The van der Waals surface area contributed by atoms with Gasteiger partial charge in [-0.05, 0) is 32.3 Å². The van der Waals surface area contributed by atoms with Crippen LogP contribution in [0, 0.1) is 11.3 Å². The van der Waals surface area contributed by atoms with E-state index in [1.165, 1.54) is 12.3 Å². The fraction of sp³-hybridized carbons (Fsp3) is 0.267. The second kappa shape index (κ2) is 10.5. The Morgan fingerprint density at radius 3 is 2.85 bits per heavy atom. The maximum absolute atomic E-state index is 12.3. The number of likely N-dealkylation sites (N-methyl/N-ethyl adjacent to an activating group) is 1. The lowest BCUT2D eigenvalue weighted by Crippen LogP contribution is -2.57. The number of nitriles is 1. The monoisotopic (exact) mass is 550 g/mol. The minimum Gasteiger partial charge on any atom is -0.494 e. The Labute approximate surface area is 237 Å². The molecule has 2 aliphatic rings. The fourth-order valence-corrected chi connectivity index (χ4v) is 5.27. The van der Waals surface area contributed by atoms with Gasteiger partial charge in [-0.15, -0.1) is 0 Å². The lowest BCUT2D eigenvalue weighted by Gasteiger charge is -2.45. The number of hydrogen-bond acceptors (Lipinski definition) is 9. The summed E-state index contributed by atoms with van der Waals surface area (Å²) in [5, 5.41) is 17.0.